The van der Waals surface area contributed by atoms with Crippen molar-refractivity contribution in [3.8, 4) is 0 Å². The summed E-state index contributed by atoms with van der Waals surface area (Å²) < 4.78 is 28.2. The molecule has 0 saturated carbocycles. The van der Waals surface area contributed by atoms with Crippen molar-refractivity contribution >= 4 is 27.5 Å². The first-order valence-corrected chi connectivity index (χ1v) is 11.4. The Morgan fingerprint density at radius 1 is 0.833 bits per heavy atom. The number of hydrogen-bond acceptors (Lipinski definition) is 3. The van der Waals surface area contributed by atoms with Crippen LogP contribution in [0.15, 0.2) is 89.8 Å². The number of hydrogen-bond donors (Lipinski definition) is 2. The van der Waals surface area contributed by atoms with Crippen LogP contribution in [0.5, 0.6) is 0 Å². The summed E-state index contributed by atoms with van der Waals surface area (Å²) in [6.07, 6.45) is 0.902. The van der Waals surface area contributed by atoms with Crippen molar-refractivity contribution in [2.24, 2.45) is 0 Å². The van der Waals surface area contributed by atoms with E-state index < -0.39 is 16.1 Å². The molecule has 7 heteroatoms. The summed E-state index contributed by atoms with van der Waals surface area (Å²) in [4.78, 5) is 12.9. The second kappa shape index (κ2) is 10.4. The van der Waals surface area contributed by atoms with Crippen molar-refractivity contribution < 1.29 is 13.2 Å². The minimum atomic E-state index is -3.89. The van der Waals surface area contributed by atoms with Gasteiger partial charge in [0.25, 0.3) is 0 Å². The first kappa shape index (κ1) is 22.0. The zero-order chi connectivity index (χ0) is 21.4. The van der Waals surface area contributed by atoms with Gasteiger partial charge in [-0.3, -0.25) is 4.79 Å². The molecule has 0 aliphatic rings. The Balaban J connectivity index is 1.72. The third-order valence-electron chi connectivity index (χ3n) is 4.58. The van der Waals surface area contributed by atoms with E-state index in [1.807, 2.05) is 60.7 Å². The van der Waals surface area contributed by atoms with Gasteiger partial charge in [0.15, 0.2) is 0 Å². The van der Waals surface area contributed by atoms with Gasteiger partial charge >= 0.3 is 0 Å². The van der Waals surface area contributed by atoms with Crippen LogP contribution in [0.2, 0.25) is 5.02 Å². The zero-order valence-corrected chi connectivity index (χ0v) is 17.9. The monoisotopic (exact) mass is 442 g/mol. The van der Waals surface area contributed by atoms with Gasteiger partial charge < -0.3 is 5.32 Å². The molecule has 0 heterocycles. The molecule has 1 atom stereocenters. The summed E-state index contributed by atoms with van der Waals surface area (Å²) in [5.41, 5.74) is 1.96. The number of rotatable bonds is 9. The summed E-state index contributed by atoms with van der Waals surface area (Å²) in [6.45, 7) is 0.414. The van der Waals surface area contributed by atoms with Crippen LogP contribution >= 0.6 is 11.6 Å². The Hall–Kier alpha value is -2.67. The predicted octanol–water partition coefficient (Wildman–Crippen LogP) is 3.59. The topological polar surface area (TPSA) is 75.3 Å². The van der Waals surface area contributed by atoms with Crippen LogP contribution in [0, 0.1) is 0 Å². The third-order valence-corrected chi connectivity index (χ3v) is 6.32. The molecule has 0 aromatic heterocycles. The molecule has 0 saturated heterocycles. The Kier molecular flexibility index (Phi) is 7.63. The Morgan fingerprint density at radius 3 is 2.00 bits per heavy atom. The molecule has 5 nitrogen and oxygen atoms in total. The van der Waals surface area contributed by atoms with E-state index in [-0.39, 0.29) is 17.2 Å². The van der Waals surface area contributed by atoms with Crippen molar-refractivity contribution in [2.75, 3.05) is 6.54 Å². The summed E-state index contributed by atoms with van der Waals surface area (Å²) in [5, 5.41) is 3.29. The number of carbonyl (C=O) groups excluding carboxylic acids is 1. The first-order valence-electron chi connectivity index (χ1n) is 9.57. The molecule has 3 aromatic rings. The minimum absolute atomic E-state index is 0.0575. The lowest BCUT2D eigenvalue weighted by atomic mass is 10.1. The van der Waals surface area contributed by atoms with Crippen LogP contribution in [-0.4, -0.2) is 26.9 Å². The van der Waals surface area contributed by atoms with Crippen molar-refractivity contribution in [3.63, 3.8) is 0 Å². The van der Waals surface area contributed by atoms with Gasteiger partial charge in [0.05, 0.1) is 4.90 Å². The number of sulfonamides is 1. The zero-order valence-electron chi connectivity index (χ0n) is 16.3. The number of amides is 1. The van der Waals surface area contributed by atoms with Crippen molar-refractivity contribution in [2.45, 2.75) is 23.8 Å². The van der Waals surface area contributed by atoms with Crippen molar-refractivity contribution in [1.82, 2.24) is 10.0 Å². The van der Waals surface area contributed by atoms with Crippen molar-refractivity contribution in [3.05, 3.63) is 101 Å². The highest BCUT2D eigenvalue weighted by molar-refractivity contribution is 7.89. The molecule has 1 unspecified atom stereocenters. The molecule has 0 aliphatic carbocycles. The fourth-order valence-electron chi connectivity index (χ4n) is 3.00. The van der Waals surface area contributed by atoms with Crippen LogP contribution in [0.25, 0.3) is 0 Å². The molecule has 1 amide bonds. The number of nitrogens with one attached hydrogen (secondary N) is 2. The fraction of sp³-hybridized carbons (Fsp3) is 0.174. The second-order valence-electron chi connectivity index (χ2n) is 6.84. The Morgan fingerprint density at radius 2 is 1.40 bits per heavy atom. The summed E-state index contributed by atoms with van der Waals surface area (Å²) in [7, 11) is -3.89. The van der Waals surface area contributed by atoms with Crippen LogP contribution in [0.1, 0.15) is 11.1 Å². The van der Waals surface area contributed by atoms with E-state index in [4.69, 9.17) is 11.6 Å². The first-order chi connectivity index (χ1) is 14.4. The highest BCUT2D eigenvalue weighted by Crippen LogP contribution is 2.15. The standard InChI is InChI=1S/C23H23ClN2O3S/c24-20-11-13-21(14-12-20)30(28,29)26-22(17-19-9-5-2-6-10-19)23(27)25-16-15-18-7-3-1-4-8-18/h1-14,22,26H,15-17H2,(H,25,27). The third kappa shape index (κ3) is 6.42. The molecule has 0 fully saturated rings. The lowest BCUT2D eigenvalue weighted by Gasteiger charge is -2.19. The van der Waals surface area contributed by atoms with Gasteiger partial charge in [0, 0.05) is 11.6 Å². The molecule has 0 aliphatic heterocycles. The average molecular weight is 443 g/mol. The molecule has 2 N–H and O–H groups in total. The van der Waals surface area contributed by atoms with E-state index in [9.17, 15) is 13.2 Å². The summed E-state index contributed by atoms with van der Waals surface area (Å²) in [6, 6.07) is 24.0. The molecule has 0 bridgehead atoms. The number of carbonyl (C=O) groups is 1. The highest BCUT2D eigenvalue weighted by atomic mass is 35.5. The molecule has 3 aromatic carbocycles. The second-order valence-corrected chi connectivity index (χ2v) is 8.99. The predicted molar refractivity (Wildman–Crippen MR) is 119 cm³/mol. The van der Waals surface area contributed by atoms with Crippen LogP contribution in [-0.2, 0) is 27.7 Å². The summed E-state index contributed by atoms with van der Waals surface area (Å²) >= 11 is 5.85. The van der Waals surface area contributed by atoms with Gasteiger partial charge in [-0.2, -0.15) is 4.72 Å². The fourth-order valence-corrected chi connectivity index (χ4v) is 4.33. The Labute approximate surface area is 182 Å². The lowest BCUT2D eigenvalue weighted by Crippen LogP contribution is -2.48. The number of benzene rings is 3. The van der Waals surface area contributed by atoms with Gasteiger partial charge in [-0.05, 0) is 48.2 Å². The van der Waals surface area contributed by atoms with E-state index in [1.165, 1.54) is 24.3 Å². The van der Waals surface area contributed by atoms with Crippen LogP contribution in [0.4, 0.5) is 0 Å². The molecule has 3 rings (SSSR count). The normalized spacial score (nSPS) is 12.3. The van der Waals surface area contributed by atoms with Gasteiger partial charge in [0.2, 0.25) is 15.9 Å². The lowest BCUT2D eigenvalue weighted by molar-refractivity contribution is -0.122. The van der Waals surface area contributed by atoms with E-state index in [2.05, 4.69) is 10.0 Å². The number of halogens is 1. The largest absolute Gasteiger partial charge is 0.354 e. The molecule has 0 radical (unpaired) electrons. The quantitative estimate of drug-likeness (QED) is 0.531. The molecule has 156 valence electrons. The van der Waals surface area contributed by atoms with Gasteiger partial charge in [-0.25, -0.2) is 8.42 Å². The smallest absolute Gasteiger partial charge is 0.241 e. The van der Waals surface area contributed by atoms with Crippen LogP contribution < -0.4 is 10.0 Å². The van der Waals surface area contributed by atoms with Gasteiger partial charge in [-0.15, -0.1) is 0 Å². The van der Waals surface area contributed by atoms with E-state index in [1.54, 1.807) is 0 Å². The molecule has 30 heavy (non-hydrogen) atoms. The van der Waals surface area contributed by atoms with E-state index in [0.29, 0.717) is 18.0 Å². The molecular formula is C23H23ClN2O3S. The van der Waals surface area contributed by atoms with Gasteiger partial charge in [0.1, 0.15) is 6.04 Å². The van der Waals surface area contributed by atoms with Crippen molar-refractivity contribution in [1.29, 1.82) is 0 Å². The molecule has 0 spiro atoms. The van der Waals surface area contributed by atoms with E-state index in [0.717, 1.165) is 11.1 Å². The average Bonchev–Trinajstić information content (AvgIpc) is 2.75. The maximum absolute atomic E-state index is 12.8. The maximum atomic E-state index is 12.8. The highest BCUT2D eigenvalue weighted by Gasteiger charge is 2.26. The molecular weight excluding hydrogens is 420 g/mol. The van der Waals surface area contributed by atoms with E-state index >= 15 is 0 Å². The minimum Gasteiger partial charge on any atom is -0.354 e. The Bertz CT molecular complexity index is 1060. The van der Waals surface area contributed by atoms with Crippen LogP contribution in [0.3, 0.4) is 0 Å². The summed E-state index contributed by atoms with van der Waals surface area (Å²) in [5.74, 6) is -0.368. The van der Waals surface area contributed by atoms with Gasteiger partial charge in [-0.1, -0.05) is 72.3 Å². The maximum Gasteiger partial charge on any atom is 0.241 e. The SMILES string of the molecule is O=C(NCCc1ccccc1)C(Cc1ccccc1)NS(=O)(=O)c1ccc(Cl)cc1.